The van der Waals surface area contributed by atoms with Gasteiger partial charge in [-0.15, -0.1) is 0 Å². The van der Waals surface area contributed by atoms with Gasteiger partial charge in [0.15, 0.2) is 11.5 Å². The van der Waals surface area contributed by atoms with Crippen molar-refractivity contribution >= 4 is 11.6 Å². The molecule has 0 bridgehead atoms. The number of halogens is 1. The maximum absolute atomic E-state index is 14.0. The number of hydrogen-bond acceptors (Lipinski definition) is 3. The zero-order valence-corrected chi connectivity index (χ0v) is 15.9. The number of allylic oxidation sites excluding steroid dienone is 3. The quantitative estimate of drug-likeness (QED) is 0.793. The third kappa shape index (κ3) is 2.52. The van der Waals surface area contributed by atoms with E-state index in [1.807, 2.05) is 29.3 Å². The number of likely N-dealkylation sites (tertiary alicyclic amines) is 1. The number of amides is 1. The van der Waals surface area contributed by atoms with Crippen LogP contribution in [0.25, 0.3) is 5.70 Å². The summed E-state index contributed by atoms with van der Waals surface area (Å²) in [6.07, 6.45) is 9.96. The molecule has 1 atom stereocenters. The molecule has 3 aliphatic heterocycles. The molecule has 1 saturated heterocycles. The monoisotopic (exact) mass is 379 g/mol. The largest absolute Gasteiger partial charge is 0.380 e. The summed E-state index contributed by atoms with van der Waals surface area (Å²) in [5, 5.41) is 3.12. The predicted octanol–water partition coefficient (Wildman–Crippen LogP) is 2.42. The molecule has 4 aliphatic rings. The number of quaternary nitrogens is 1. The molecule has 0 spiro atoms. The number of dihydropyridines is 1. The van der Waals surface area contributed by atoms with Gasteiger partial charge >= 0.3 is 0 Å². The maximum atomic E-state index is 14.0. The first-order chi connectivity index (χ1) is 13.5. The van der Waals surface area contributed by atoms with Gasteiger partial charge in [-0.1, -0.05) is 6.07 Å². The van der Waals surface area contributed by atoms with Gasteiger partial charge in [0.25, 0.3) is 0 Å². The van der Waals surface area contributed by atoms with Crippen molar-refractivity contribution in [2.45, 2.75) is 18.9 Å². The fourth-order valence-corrected chi connectivity index (χ4v) is 4.56. The van der Waals surface area contributed by atoms with Crippen LogP contribution in [-0.2, 0) is 4.79 Å². The van der Waals surface area contributed by atoms with Crippen LogP contribution in [0.2, 0.25) is 0 Å². The second-order valence-corrected chi connectivity index (χ2v) is 8.17. The van der Waals surface area contributed by atoms with E-state index in [2.05, 4.69) is 18.4 Å². The molecule has 1 aromatic carbocycles. The van der Waals surface area contributed by atoms with E-state index in [1.165, 1.54) is 6.07 Å². The third-order valence-electron chi connectivity index (χ3n) is 6.37. The summed E-state index contributed by atoms with van der Waals surface area (Å²) in [5.74, 6) is 0.841. The molecule has 1 aliphatic carbocycles. The van der Waals surface area contributed by atoms with E-state index in [0.29, 0.717) is 23.4 Å². The van der Waals surface area contributed by atoms with Crippen molar-refractivity contribution < 1.29 is 13.7 Å². The topological polar surface area (TPSA) is 58.4 Å². The number of nitrogens with two attached hydrogens (primary N) is 1. The number of carbonyl (C=O) groups excluding carboxylic acids is 1. The SMILES string of the molecule is C[N+]1(C2CN(C(=O)C3CC3)C2)C(c2cccc(F)c2)=CC=C2C=CNC(N)=C21. The number of nitrogens with zero attached hydrogens (tertiary/aromatic N) is 2. The van der Waals surface area contributed by atoms with E-state index in [1.54, 1.807) is 12.1 Å². The zero-order chi connectivity index (χ0) is 19.5. The molecule has 5 rings (SSSR count). The van der Waals surface area contributed by atoms with Gasteiger partial charge in [0, 0.05) is 29.3 Å². The second-order valence-electron chi connectivity index (χ2n) is 8.17. The lowest BCUT2D eigenvalue weighted by Gasteiger charge is -2.52. The van der Waals surface area contributed by atoms with Crippen LogP contribution in [0.5, 0.6) is 0 Å². The van der Waals surface area contributed by atoms with Gasteiger partial charge in [0.2, 0.25) is 5.91 Å². The van der Waals surface area contributed by atoms with Crippen molar-refractivity contribution in [1.29, 1.82) is 0 Å². The van der Waals surface area contributed by atoms with Crippen molar-refractivity contribution in [3.63, 3.8) is 0 Å². The Morgan fingerprint density at radius 3 is 2.79 bits per heavy atom. The Kier molecular flexibility index (Phi) is 3.74. The summed E-state index contributed by atoms with van der Waals surface area (Å²) in [4.78, 5) is 14.4. The molecule has 3 N–H and O–H groups in total. The van der Waals surface area contributed by atoms with Crippen LogP contribution in [0.3, 0.4) is 0 Å². The molecule has 0 aromatic heterocycles. The molecule has 1 saturated carbocycles. The minimum Gasteiger partial charge on any atom is -0.380 e. The molecule has 3 heterocycles. The summed E-state index contributed by atoms with van der Waals surface area (Å²) in [6, 6.07) is 6.85. The molecule has 2 fully saturated rings. The van der Waals surface area contributed by atoms with Gasteiger partial charge in [-0.05, 0) is 43.2 Å². The van der Waals surface area contributed by atoms with Crippen LogP contribution < -0.4 is 11.1 Å². The average molecular weight is 379 g/mol. The summed E-state index contributed by atoms with van der Waals surface area (Å²) in [6.45, 7) is 1.37. The lowest BCUT2D eigenvalue weighted by atomic mass is 9.91. The first-order valence-electron chi connectivity index (χ1n) is 9.75. The fraction of sp³-hybridized carbons (Fsp3) is 0.318. The van der Waals surface area contributed by atoms with Crippen LogP contribution in [0.4, 0.5) is 4.39 Å². The number of rotatable bonds is 3. The second kappa shape index (κ2) is 6.07. The molecular weight excluding hydrogens is 355 g/mol. The van der Waals surface area contributed by atoms with E-state index in [0.717, 1.165) is 35.4 Å². The Morgan fingerprint density at radius 2 is 2.07 bits per heavy atom. The van der Waals surface area contributed by atoms with Gasteiger partial charge in [0.1, 0.15) is 17.6 Å². The highest BCUT2D eigenvalue weighted by Gasteiger charge is 2.53. The van der Waals surface area contributed by atoms with Crippen LogP contribution in [0.1, 0.15) is 18.4 Å². The van der Waals surface area contributed by atoms with Crippen molar-refractivity contribution in [3.8, 4) is 0 Å². The summed E-state index contributed by atoms with van der Waals surface area (Å²) >= 11 is 0. The Balaban J connectivity index is 1.56. The highest BCUT2D eigenvalue weighted by molar-refractivity contribution is 5.82. The molecule has 1 aromatic rings. The minimum absolute atomic E-state index is 0.169. The number of hydrogen-bond donors (Lipinski definition) is 2. The zero-order valence-electron chi connectivity index (χ0n) is 15.9. The fourth-order valence-electron chi connectivity index (χ4n) is 4.56. The Hall–Kier alpha value is -2.86. The summed E-state index contributed by atoms with van der Waals surface area (Å²) < 4.78 is 14.4. The lowest BCUT2D eigenvalue weighted by Crippen LogP contribution is -2.68. The number of carbonyl (C=O) groups is 1. The molecule has 5 nitrogen and oxygen atoms in total. The minimum atomic E-state index is -0.262. The van der Waals surface area contributed by atoms with E-state index in [-0.39, 0.29) is 23.7 Å². The third-order valence-corrected chi connectivity index (χ3v) is 6.37. The van der Waals surface area contributed by atoms with Crippen molar-refractivity contribution in [1.82, 2.24) is 10.2 Å². The van der Waals surface area contributed by atoms with Crippen molar-refractivity contribution in [2.24, 2.45) is 11.7 Å². The average Bonchev–Trinajstić information content (AvgIpc) is 3.45. The highest BCUT2D eigenvalue weighted by Crippen LogP contribution is 2.45. The van der Waals surface area contributed by atoms with Crippen molar-refractivity contribution in [2.75, 3.05) is 20.1 Å². The molecular formula is C22H24FN4O+. The number of nitrogens with one attached hydrogen (secondary N) is 1. The van der Waals surface area contributed by atoms with Gasteiger partial charge in [0.05, 0.1) is 20.1 Å². The standard InChI is InChI=1S/C22H24FN4O/c1-27(18-12-26(13-18)22(28)15-5-6-15)19(16-3-2-4-17(23)11-16)8-7-14-9-10-25-21(24)20(14)27/h2-4,7-11,15,18,25H,5-6,12-13,24H2,1H3/q+1. The predicted molar refractivity (Wildman–Crippen MR) is 105 cm³/mol. The van der Waals surface area contributed by atoms with E-state index >= 15 is 0 Å². The maximum Gasteiger partial charge on any atom is 0.226 e. The smallest absolute Gasteiger partial charge is 0.226 e. The molecule has 144 valence electrons. The number of fused-ring (bicyclic) bond motifs is 1. The Bertz CT molecular complexity index is 982. The van der Waals surface area contributed by atoms with Crippen LogP contribution in [0, 0.1) is 11.7 Å². The van der Waals surface area contributed by atoms with Gasteiger partial charge < -0.3 is 16.0 Å². The van der Waals surface area contributed by atoms with Gasteiger partial charge in [-0.2, -0.15) is 0 Å². The van der Waals surface area contributed by atoms with Gasteiger partial charge in [-0.25, -0.2) is 4.39 Å². The first kappa shape index (κ1) is 17.3. The van der Waals surface area contributed by atoms with E-state index in [9.17, 15) is 9.18 Å². The Labute approximate surface area is 163 Å². The molecule has 1 unspecified atom stereocenters. The van der Waals surface area contributed by atoms with Crippen LogP contribution in [-0.4, -0.2) is 41.5 Å². The molecule has 28 heavy (non-hydrogen) atoms. The number of likely N-dealkylation sites (N-methyl/N-ethyl adjacent to an activating group) is 1. The first-order valence-corrected chi connectivity index (χ1v) is 9.75. The van der Waals surface area contributed by atoms with Crippen LogP contribution >= 0.6 is 0 Å². The van der Waals surface area contributed by atoms with Crippen LogP contribution in [0.15, 0.2) is 65.8 Å². The van der Waals surface area contributed by atoms with E-state index in [4.69, 9.17) is 5.73 Å². The summed E-state index contributed by atoms with van der Waals surface area (Å²) in [5.41, 5.74) is 10.2. The molecule has 0 radical (unpaired) electrons. The molecule has 6 heteroatoms. The number of benzene rings is 1. The normalized spacial score (nSPS) is 26.9. The highest BCUT2D eigenvalue weighted by atomic mass is 19.1. The lowest BCUT2D eigenvalue weighted by molar-refractivity contribution is -0.832. The van der Waals surface area contributed by atoms with Crippen molar-refractivity contribution in [3.05, 3.63) is 77.2 Å². The van der Waals surface area contributed by atoms with Gasteiger partial charge in [-0.3, -0.25) is 9.28 Å². The Morgan fingerprint density at radius 1 is 1.29 bits per heavy atom. The molecule has 1 amide bonds. The summed E-state index contributed by atoms with van der Waals surface area (Å²) in [7, 11) is 2.12. The van der Waals surface area contributed by atoms with E-state index < -0.39 is 0 Å².